The van der Waals surface area contributed by atoms with Gasteiger partial charge in [0.25, 0.3) is 0 Å². The molecule has 0 aliphatic heterocycles. The van der Waals surface area contributed by atoms with Gasteiger partial charge in [0, 0.05) is 11.9 Å². The van der Waals surface area contributed by atoms with Crippen LogP contribution in [0.5, 0.6) is 0 Å². The Morgan fingerprint density at radius 2 is 1.84 bits per heavy atom. The summed E-state index contributed by atoms with van der Waals surface area (Å²) in [5.74, 6) is -0.513. The molecule has 0 unspecified atom stereocenters. The van der Waals surface area contributed by atoms with E-state index in [-0.39, 0.29) is 13.0 Å². The van der Waals surface area contributed by atoms with Crippen LogP contribution in [0.3, 0.4) is 0 Å². The molecule has 1 rings (SSSR count). The van der Waals surface area contributed by atoms with Gasteiger partial charge in [0.2, 0.25) is 5.91 Å². The summed E-state index contributed by atoms with van der Waals surface area (Å²) in [5.41, 5.74) is 1.76. The molecule has 0 aromatic heterocycles. The lowest BCUT2D eigenvalue weighted by molar-refractivity contribution is -0.160. The summed E-state index contributed by atoms with van der Waals surface area (Å²) in [7, 11) is 0. The number of halogens is 4. The van der Waals surface area contributed by atoms with Crippen molar-refractivity contribution in [2.45, 2.75) is 19.5 Å². The minimum absolute atomic E-state index is 0.0106. The van der Waals surface area contributed by atoms with Gasteiger partial charge in [0.15, 0.2) is 0 Å². The van der Waals surface area contributed by atoms with Crippen LogP contribution in [0, 0.1) is 6.92 Å². The third-order valence-corrected chi connectivity index (χ3v) is 2.91. The van der Waals surface area contributed by atoms with E-state index in [2.05, 4.69) is 15.9 Å². The van der Waals surface area contributed by atoms with Gasteiger partial charge in [-0.1, -0.05) is 45.8 Å². The van der Waals surface area contributed by atoms with Crippen LogP contribution in [-0.4, -0.2) is 35.4 Å². The highest BCUT2D eigenvalue weighted by molar-refractivity contribution is 9.09. The van der Waals surface area contributed by atoms with E-state index in [1.165, 1.54) is 0 Å². The van der Waals surface area contributed by atoms with Crippen molar-refractivity contribution in [3.8, 4) is 0 Å². The van der Waals surface area contributed by atoms with Crippen molar-refractivity contribution in [2.75, 3.05) is 18.4 Å². The fraction of sp³-hybridized carbons (Fsp3) is 0.462. The molecule has 6 heteroatoms. The zero-order chi connectivity index (χ0) is 14.5. The number of benzene rings is 1. The van der Waals surface area contributed by atoms with E-state index >= 15 is 0 Å². The van der Waals surface area contributed by atoms with Gasteiger partial charge >= 0.3 is 6.18 Å². The van der Waals surface area contributed by atoms with Gasteiger partial charge in [-0.2, -0.15) is 13.2 Å². The van der Waals surface area contributed by atoms with E-state index in [0.717, 1.165) is 16.0 Å². The molecule has 0 aliphatic carbocycles. The number of aryl methyl sites for hydroxylation is 1. The highest BCUT2D eigenvalue weighted by Gasteiger charge is 2.32. The summed E-state index contributed by atoms with van der Waals surface area (Å²) >= 11 is 3.06. The van der Waals surface area contributed by atoms with Crippen LogP contribution in [0.25, 0.3) is 0 Å². The second-order valence-electron chi connectivity index (χ2n) is 4.28. The van der Waals surface area contributed by atoms with E-state index in [1.54, 1.807) is 12.1 Å². The van der Waals surface area contributed by atoms with E-state index in [0.29, 0.717) is 5.33 Å². The number of hydrogen-bond donors (Lipinski definition) is 0. The van der Waals surface area contributed by atoms with Gasteiger partial charge in [-0.3, -0.25) is 4.79 Å². The summed E-state index contributed by atoms with van der Waals surface area (Å²) < 4.78 is 37.1. The Morgan fingerprint density at radius 3 is 2.32 bits per heavy atom. The average molecular weight is 338 g/mol. The van der Waals surface area contributed by atoms with Crippen LogP contribution in [0.1, 0.15) is 11.1 Å². The number of carbonyl (C=O) groups excluding carboxylic acids is 1. The third-order valence-electron chi connectivity index (χ3n) is 2.55. The summed E-state index contributed by atoms with van der Waals surface area (Å²) in [4.78, 5) is 12.7. The molecular formula is C13H15BrF3NO. The average Bonchev–Trinajstić information content (AvgIpc) is 2.30. The Balaban J connectivity index is 2.68. The van der Waals surface area contributed by atoms with E-state index in [9.17, 15) is 18.0 Å². The molecule has 0 bridgehead atoms. The first-order chi connectivity index (χ1) is 8.81. The van der Waals surface area contributed by atoms with Gasteiger partial charge < -0.3 is 4.90 Å². The molecule has 0 aliphatic rings. The van der Waals surface area contributed by atoms with Crippen molar-refractivity contribution in [3.63, 3.8) is 0 Å². The Hall–Kier alpha value is -1.04. The zero-order valence-electron chi connectivity index (χ0n) is 10.5. The fourth-order valence-corrected chi connectivity index (χ4v) is 2.03. The van der Waals surface area contributed by atoms with E-state index in [1.807, 2.05) is 19.1 Å². The third kappa shape index (κ3) is 6.09. The smallest absolute Gasteiger partial charge is 0.332 e. The predicted molar refractivity (Wildman–Crippen MR) is 71.3 cm³/mol. The van der Waals surface area contributed by atoms with E-state index < -0.39 is 18.6 Å². The van der Waals surface area contributed by atoms with Crippen LogP contribution in [0.2, 0.25) is 0 Å². The van der Waals surface area contributed by atoms with Gasteiger partial charge in [-0.15, -0.1) is 0 Å². The maximum Gasteiger partial charge on any atom is 0.406 e. The first-order valence-corrected chi connectivity index (χ1v) is 6.90. The molecule has 19 heavy (non-hydrogen) atoms. The molecule has 2 nitrogen and oxygen atoms in total. The lowest BCUT2D eigenvalue weighted by atomic mass is 10.1. The highest BCUT2D eigenvalue weighted by Crippen LogP contribution is 2.17. The van der Waals surface area contributed by atoms with Crippen LogP contribution >= 0.6 is 15.9 Å². The van der Waals surface area contributed by atoms with Gasteiger partial charge in [-0.25, -0.2) is 0 Å². The van der Waals surface area contributed by atoms with Crippen molar-refractivity contribution in [1.82, 2.24) is 4.90 Å². The summed E-state index contributed by atoms with van der Waals surface area (Å²) in [6.45, 7) is 0.750. The van der Waals surface area contributed by atoms with Crippen molar-refractivity contribution in [1.29, 1.82) is 0 Å². The number of hydrogen-bond acceptors (Lipinski definition) is 1. The number of alkyl halides is 4. The van der Waals surface area contributed by atoms with Gasteiger partial charge in [0.05, 0.1) is 6.42 Å². The number of rotatable bonds is 5. The maximum atomic E-state index is 12.4. The van der Waals surface area contributed by atoms with Crippen molar-refractivity contribution in [3.05, 3.63) is 35.4 Å². The number of amides is 1. The molecule has 0 saturated heterocycles. The monoisotopic (exact) mass is 337 g/mol. The second-order valence-corrected chi connectivity index (χ2v) is 5.07. The molecule has 0 heterocycles. The van der Waals surface area contributed by atoms with Crippen molar-refractivity contribution >= 4 is 21.8 Å². The summed E-state index contributed by atoms with van der Waals surface area (Å²) in [5, 5.41) is 0.322. The minimum atomic E-state index is -4.37. The normalized spacial score (nSPS) is 11.4. The molecule has 1 amide bonds. The maximum absolute atomic E-state index is 12.4. The molecular weight excluding hydrogens is 323 g/mol. The lowest BCUT2D eigenvalue weighted by Gasteiger charge is -2.23. The van der Waals surface area contributed by atoms with Crippen LogP contribution in [0.4, 0.5) is 13.2 Å². The Labute approximate surface area is 118 Å². The Kier molecular flexibility index (Phi) is 5.85. The molecule has 0 N–H and O–H groups in total. The van der Waals surface area contributed by atoms with Crippen LogP contribution in [0.15, 0.2) is 24.3 Å². The van der Waals surface area contributed by atoms with Gasteiger partial charge in [0.1, 0.15) is 6.54 Å². The molecule has 0 spiro atoms. The second kappa shape index (κ2) is 6.93. The minimum Gasteiger partial charge on any atom is -0.332 e. The molecule has 1 aromatic rings. The lowest BCUT2D eigenvalue weighted by Crippen LogP contribution is -2.40. The number of nitrogens with zero attached hydrogens (tertiary/aromatic N) is 1. The molecule has 106 valence electrons. The number of carbonyl (C=O) groups is 1. The van der Waals surface area contributed by atoms with Gasteiger partial charge in [-0.05, 0) is 12.5 Å². The first kappa shape index (κ1) is 16.0. The van der Waals surface area contributed by atoms with Crippen molar-refractivity contribution in [2.24, 2.45) is 0 Å². The molecule has 0 fully saturated rings. The molecule has 0 atom stereocenters. The molecule has 1 aromatic carbocycles. The molecule has 0 saturated carbocycles. The predicted octanol–water partition coefficient (Wildman–Crippen LogP) is 3.32. The zero-order valence-corrected chi connectivity index (χ0v) is 12.1. The SMILES string of the molecule is Cc1ccc(CC(=O)N(CCBr)CC(F)(F)F)cc1. The van der Waals surface area contributed by atoms with Crippen molar-refractivity contribution < 1.29 is 18.0 Å². The first-order valence-electron chi connectivity index (χ1n) is 5.78. The molecule has 0 radical (unpaired) electrons. The topological polar surface area (TPSA) is 20.3 Å². The Bertz CT molecular complexity index is 417. The fourth-order valence-electron chi connectivity index (χ4n) is 1.60. The van der Waals surface area contributed by atoms with E-state index in [4.69, 9.17) is 0 Å². The standard InChI is InChI=1S/C13H15BrF3NO/c1-10-2-4-11(5-3-10)8-12(19)18(7-6-14)9-13(15,16)17/h2-5H,6-9H2,1H3. The quantitative estimate of drug-likeness (QED) is 0.755. The summed E-state index contributed by atoms with van der Waals surface area (Å²) in [6, 6.07) is 7.18. The summed E-state index contributed by atoms with van der Waals surface area (Å²) in [6.07, 6.45) is -4.38. The van der Waals surface area contributed by atoms with Crippen LogP contribution < -0.4 is 0 Å². The Morgan fingerprint density at radius 1 is 1.26 bits per heavy atom. The highest BCUT2D eigenvalue weighted by atomic mass is 79.9. The largest absolute Gasteiger partial charge is 0.406 e. The van der Waals surface area contributed by atoms with Crippen LogP contribution in [-0.2, 0) is 11.2 Å².